The summed E-state index contributed by atoms with van der Waals surface area (Å²) in [6, 6.07) is 13.9. The van der Waals surface area contributed by atoms with E-state index in [4.69, 9.17) is 9.47 Å². The molecule has 1 aromatic heterocycles. The van der Waals surface area contributed by atoms with Crippen LogP contribution in [0.5, 0.6) is 5.75 Å². The highest BCUT2D eigenvalue weighted by atomic mass is 19.4. The number of ether oxygens (including phenoxy) is 2. The molecular weight excluding hydrogens is 447 g/mol. The van der Waals surface area contributed by atoms with E-state index in [1.807, 2.05) is 24.0 Å². The van der Waals surface area contributed by atoms with Gasteiger partial charge in [-0.15, -0.1) is 0 Å². The van der Waals surface area contributed by atoms with Crippen molar-refractivity contribution in [2.75, 3.05) is 30.5 Å². The zero-order valence-electron chi connectivity index (χ0n) is 18.7. The SMILES string of the molecule is COC(=O)c1ccc(C(C)Nc2nccc3c2N(Cc2ccc(C(F)(F)F)cc2)CCO3)cc1. The number of halogens is 3. The molecule has 34 heavy (non-hydrogen) atoms. The summed E-state index contributed by atoms with van der Waals surface area (Å²) in [6.45, 7) is 3.41. The zero-order chi connectivity index (χ0) is 24.3. The summed E-state index contributed by atoms with van der Waals surface area (Å²) in [7, 11) is 1.34. The van der Waals surface area contributed by atoms with Gasteiger partial charge in [-0.3, -0.25) is 0 Å². The first-order valence-electron chi connectivity index (χ1n) is 10.7. The molecule has 0 bridgehead atoms. The number of rotatable bonds is 6. The number of fused-ring (bicyclic) bond motifs is 1. The molecule has 2 heterocycles. The number of hydrogen-bond acceptors (Lipinski definition) is 6. The lowest BCUT2D eigenvalue weighted by atomic mass is 10.1. The van der Waals surface area contributed by atoms with E-state index in [0.717, 1.165) is 28.9 Å². The fraction of sp³-hybridized carbons (Fsp3) is 0.280. The molecule has 9 heteroatoms. The maximum atomic E-state index is 12.9. The molecule has 1 atom stereocenters. The smallest absolute Gasteiger partial charge is 0.416 e. The van der Waals surface area contributed by atoms with Gasteiger partial charge in [0.2, 0.25) is 0 Å². The molecule has 1 aliphatic rings. The summed E-state index contributed by atoms with van der Waals surface area (Å²) in [5.74, 6) is 0.861. The summed E-state index contributed by atoms with van der Waals surface area (Å²) in [6.07, 6.45) is -2.72. The minimum Gasteiger partial charge on any atom is -0.489 e. The summed E-state index contributed by atoms with van der Waals surface area (Å²) in [5, 5.41) is 3.40. The Hall–Kier alpha value is -3.75. The zero-order valence-corrected chi connectivity index (χ0v) is 18.7. The fourth-order valence-electron chi connectivity index (χ4n) is 3.83. The maximum Gasteiger partial charge on any atom is 0.416 e. The van der Waals surface area contributed by atoms with Crippen LogP contribution in [0.15, 0.2) is 60.8 Å². The summed E-state index contributed by atoms with van der Waals surface area (Å²) in [5.41, 5.74) is 2.24. The minimum absolute atomic E-state index is 0.138. The Kier molecular flexibility index (Phi) is 6.63. The van der Waals surface area contributed by atoms with E-state index >= 15 is 0 Å². The second-order valence-electron chi connectivity index (χ2n) is 7.95. The third-order valence-corrected chi connectivity index (χ3v) is 5.66. The number of benzene rings is 2. The van der Waals surface area contributed by atoms with Crippen molar-refractivity contribution in [3.05, 3.63) is 83.0 Å². The Bertz CT molecular complexity index is 1150. The molecule has 2 aromatic carbocycles. The average Bonchev–Trinajstić information content (AvgIpc) is 2.83. The standard InChI is InChI=1S/C25H24F3N3O3/c1-16(18-5-7-19(8-6-18)24(32)33-2)30-23-22-21(11-12-29-23)34-14-13-31(22)15-17-3-9-20(10-4-17)25(26,27)28/h3-12,16H,13-15H2,1-2H3,(H,29,30). The molecule has 0 aliphatic carbocycles. The van der Waals surface area contributed by atoms with Crippen molar-refractivity contribution >= 4 is 17.5 Å². The molecule has 6 nitrogen and oxygen atoms in total. The van der Waals surface area contributed by atoms with Crippen molar-refractivity contribution in [2.45, 2.75) is 25.7 Å². The number of nitrogens with one attached hydrogen (secondary N) is 1. The van der Waals surface area contributed by atoms with Gasteiger partial charge in [-0.05, 0) is 42.3 Å². The van der Waals surface area contributed by atoms with Gasteiger partial charge in [-0.2, -0.15) is 13.2 Å². The third kappa shape index (κ3) is 5.08. The molecule has 1 N–H and O–H groups in total. The summed E-state index contributed by atoms with van der Waals surface area (Å²) in [4.78, 5) is 18.2. The van der Waals surface area contributed by atoms with Gasteiger partial charge < -0.3 is 19.7 Å². The lowest BCUT2D eigenvalue weighted by Crippen LogP contribution is -2.33. The molecular formula is C25H24F3N3O3. The highest BCUT2D eigenvalue weighted by Crippen LogP contribution is 2.39. The van der Waals surface area contributed by atoms with Crippen molar-refractivity contribution < 1.29 is 27.4 Å². The van der Waals surface area contributed by atoms with Crippen LogP contribution in [0.3, 0.4) is 0 Å². The molecule has 0 amide bonds. The lowest BCUT2D eigenvalue weighted by molar-refractivity contribution is -0.137. The fourth-order valence-corrected chi connectivity index (χ4v) is 3.83. The molecule has 3 aromatic rings. The number of methoxy groups -OCH3 is 1. The highest BCUT2D eigenvalue weighted by molar-refractivity contribution is 5.89. The number of aromatic nitrogens is 1. The van der Waals surface area contributed by atoms with E-state index in [2.05, 4.69) is 10.3 Å². The molecule has 0 fully saturated rings. The topological polar surface area (TPSA) is 63.7 Å². The van der Waals surface area contributed by atoms with Gasteiger partial charge in [0.25, 0.3) is 0 Å². The van der Waals surface area contributed by atoms with Gasteiger partial charge in [-0.1, -0.05) is 24.3 Å². The van der Waals surface area contributed by atoms with Crippen molar-refractivity contribution in [3.63, 3.8) is 0 Å². The number of pyridine rings is 1. The van der Waals surface area contributed by atoms with Crippen LogP contribution in [0.2, 0.25) is 0 Å². The lowest BCUT2D eigenvalue weighted by Gasteiger charge is -2.33. The van der Waals surface area contributed by atoms with Crippen molar-refractivity contribution in [1.29, 1.82) is 0 Å². The number of hydrogen-bond donors (Lipinski definition) is 1. The number of carbonyl (C=O) groups excluding carboxylic acids is 1. The van der Waals surface area contributed by atoms with Crippen molar-refractivity contribution in [3.8, 4) is 5.75 Å². The van der Waals surface area contributed by atoms with E-state index in [1.54, 1.807) is 24.4 Å². The second-order valence-corrected chi connectivity index (χ2v) is 7.95. The highest BCUT2D eigenvalue weighted by Gasteiger charge is 2.30. The van der Waals surface area contributed by atoms with Crippen LogP contribution in [0, 0.1) is 0 Å². The van der Waals surface area contributed by atoms with Crippen LogP contribution in [-0.2, 0) is 17.5 Å². The van der Waals surface area contributed by atoms with Gasteiger partial charge in [0.05, 0.1) is 30.8 Å². The molecule has 0 saturated carbocycles. The average molecular weight is 471 g/mol. The van der Waals surface area contributed by atoms with Crippen molar-refractivity contribution in [2.24, 2.45) is 0 Å². The number of esters is 1. The predicted molar refractivity (Wildman–Crippen MR) is 122 cm³/mol. The molecule has 178 valence electrons. The van der Waals surface area contributed by atoms with E-state index in [0.29, 0.717) is 36.8 Å². The summed E-state index contributed by atoms with van der Waals surface area (Å²) < 4.78 is 49.3. The predicted octanol–water partition coefficient (Wildman–Crippen LogP) is 5.46. The van der Waals surface area contributed by atoms with Gasteiger partial charge in [0, 0.05) is 18.8 Å². The Morgan fingerprint density at radius 2 is 1.85 bits per heavy atom. The third-order valence-electron chi connectivity index (χ3n) is 5.66. The number of carbonyl (C=O) groups is 1. The van der Waals surface area contributed by atoms with Crippen LogP contribution in [0.4, 0.5) is 24.7 Å². The van der Waals surface area contributed by atoms with Crippen LogP contribution >= 0.6 is 0 Å². The Balaban J connectivity index is 1.55. The minimum atomic E-state index is -4.36. The maximum absolute atomic E-state index is 12.9. The first-order chi connectivity index (χ1) is 16.3. The molecule has 0 saturated heterocycles. The van der Waals surface area contributed by atoms with Gasteiger partial charge in [0.15, 0.2) is 5.82 Å². The van der Waals surface area contributed by atoms with E-state index in [-0.39, 0.29) is 6.04 Å². The normalized spacial score (nSPS) is 14.1. The number of anilines is 2. The molecule has 1 unspecified atom stereocenters. The van der Waals surface area contributed by atoms with Crippen LogP contribution in [-0.4, -0.2) is 31.2 Å². The van der Waals surface area contributed by atoms with E-state index in [9.17, 15) is 18.0 Å². The van der Waals surface area contributed by atoms with E-state index < -0.39 is 17.7 Å². The van der Waals surface area contributed by atoms with Crippen LogP contribution in [0.1, 0.15) is 40.0 Å². The monoisotopic (exact) mass is 471 g/mol. The molecule has 0 radical (unpaired) electrons. The first-order valence-corrected chi connectivity index (χ1v) is 10.7. The van der Waals surface area contributed by atoms with E-state index in [1.165, 1.54) is 19.2 Å². The quantitative estimate of drug-likeness (QED) is 0.482. The number of nitrogens with zero attached hydrogens (tertiary/aromatic N) is 2. The van der Waals surface area contributed by atoms with Crippen LogP contribution in [0.25, 0.3) is 0 Å². The number of alkyl halides is 3. The van der Waals surface area contributed by atoms with Gasteiger partial charge in [-0.25, -0.2) is 9.78 Å². The Labute approximate surface area is 195 Å². The summed E-state index contributed by atoms with van der Waals surface area (Å²) >= 11 is 0. The van der Waals surface area contributed by atoms with Gasteiger partial charge in [0.1, 0.15) is 18.0 Å². The molecule has 4 rings (SSSR count). The Morgan fingerprint density at radius 1 is 1.15 bits per heavy atom. The van der Waals surface area contributed by atoms with Gasteiger partial charge >= 0.3 is 12.1 Å². The van der Waals surface area contributed by atoms with Crippen LogP contribution < -0.4 is 15.0 Å². The molecule has 1 aliphatic heterocycles. The van der Waals surface area contributed by atoms with Crippen molar-refractivity contribution in [1.82, 2.24) is 4.98 Å². The first kappa shape index (κ1) is 23.4. The largest absolute Gasteiger partial charge is 0.489 e. The second kappa shape index (κ2) is 9.62. The Morgan fingerprint density at radius 3 is 2.50 bits per heavy atom. The molecule has 0 spiro atoms.